The Morgan fingerprint density at radius 3 is 2.97 bits per heavy atom. The molecule has 2 fully saturated rings. The molecule has 7 nitrogen and oxygen atoms in total. The normalized spacial score (nSPS) is 25.3. The Hall–Kier alpha value is -2.32. The molecule has 0 bridgehead atoms. The Bertz CT molecular complexity index is 1080. The van der Waals surface area contributed by atoms with Gasteiger partial charge in [-0.05, 0) is 25.8 Å². The number of hydrogen-bond acceptors (Lipinski definition) is 7. The zero-order valence-electron chi connectivity index (χ0n) is 16.4. The maximum Gasteiger partial charge on any atom is 0.162 e. The summed E-state index contributed by atoms with van der Waals surface area (Å²) < 4.78 is 30.8. The smallest absolute Gasteiger partial charge is 0.162 e. The molecule has 3 aliphatic rings. The van der Waals surface area contributed by atoms with Crippen LogP contribution in [0.5, 0.6) is 0 Å². The third-order valence-corrected chi connectivity index (χ3v) is 8.16. The maximum absolute atomic E-state index is 12.6. The van der Waals surface area contributed by atoms with Gasteiger partial charge in [-0.1, -0.05) is 12.2 Å². The van der Waals surface area contributed by atoms with Crippen molar-refractivity contribution in [2.45, 2.75) is 37.5 Å². The van der Waals surface area contributed by atoms with Gasteiger partial charge >= 0.3 is 0 Å². The number of rotatable bonds is 3. The van der Waals surface area contributed by atoms with E-state index in [1.165, 1.54) is 0 Å². The highest BCUT2D eigenvalue weighted by molar-refractivity contribution is 7.91. The van der Waals surface area contributed by atoms with E-state index in [0.717, 1.165) is 35.6 Å². The van der Waals surface area contributed by atoms with Gasteiger partial charge < -0.3 is 9.64 Å². The van der Waals surface area contributed by atoms with Crippen LogP contribution in [0.25, 0.3) is 17.5 Å². The molecule has 4 heterocycles. The zero-order chi connectivity index (χ0) is 20.0. The quantitative estimate of drug-likeness (QED) is 0.766. The molecule has 29 heavy (non-hydrogen) atoms. The average molecular weight is 413 g/mol. The van der Waals surface area contributed by atoms with Crippen molar-refractivity contribution in [2.24, 2.45) is 0 Å². The average Bonchev–Trinajstić information content (AvgIpc) is 3.33. The Balaban J connectivity index is 1.67. The van der Waals surface area contributed by atoms with Crippen LogP contribution in [0.4, 0.5) is 5.82 Å². The van der Waals surface area contributed by atoms with Crippen LogP contribution >= 0.6 is 0 Å². The summed E-state index contributed by atoms with van der Waals surface area (Å²) in [5.41, 5.74) is 3.54. The largest absolute Gasteiger partial charge is 0.377 e. The lowest BCUT2D eigenvalue weighted by atomic mass is 10.1. The third kappa shape index (κ3) is 3.34. The van der Waals surface area contributed by atoms with Gasteiger partial charge in [-0.15, -0.1) is 0 Å². The number of fused-ring (bicyclic) bond motifs is 1. The van der Waals surface area contributed by atoms with Crippen molar-refractivity contribution in [3.8, 4) is 11.4 Å². The number of pyridine rings is 1. The summed E-state index contributed by atoms with van der Waals surface area (Å²) in [5, 5.41) is -0.551. The fourth-order valence-electron chi connectivity index (χ4n) is 4.42. The minimum atomic E-state index is -3.17. The van der Waals surface area contributed by atoms with Gasteiger partial charge in [-0.25, -0.2) is 18.4 Å². The second-order valence-corrected chi connectivity index (χ2v) is 10.2. The van der Waals surface area contributed by atoms with Crippen molar-refractivity contribution in [1.82, 2.24) is 15.0 Å². The fourth-order valence-corrected chi connectivity index (χ4v) is 6.29. The van der Waals surface area contributed by atoms with Crippen molar-refractivity contribution in [3.05, 3.63) is 41.4 Å². The van der Waals surface area contributed by atoms with Crippen molar-refractivity contribution in [1.29, 1.82) is 0 Å². The molecule has 2 aromatic heterocycles. The number of sulfone groups is 1. The maximum atomic E-state index is 12.6. The van der Waals surface area contributed by atoms with Crippen LogP contribution in [-0.4, -0.2) is 54.9 Å². The molecular formula is C21H24N4O3S. The van der Waals surface area contributed by atoms with Crippen LogP contribution < -0.4 is 4.90 Å². The summed E-state index contributed by atoms with van der Waals surface area (Å²) in [6, 6.07) is 3.96. The van der Waals surface area contributed by atoms with E-state index in [2.05, 4.69) is 29.0 Å². The Morgan fingerprint density at radius 1 is 1.28 bits per heavy atom. The summed E-state index contributed by atoms with van der Waals surface area (Å²) >= 11 is 0. The number of nitrogens with zero attached hydrogens (tertiary/aromatic N) is 4. The first-order valence-electron chi connectivity index (χ1n) is 10.1. The van der Waals surface area contributed by atoms with E-state index in [1.54, 1.807) is 6.20 Å². The van der Waals surface area contributed by atoms with E-state index < -0.39 is 15.1 Å². The summed E-state index contributed by atoms with van der Waals surface area (Å²) in [7, 11) is -3.17. The molecule has 152 valence electrons. The lowest BCUT2D eigenvalue weighted by Gasteiger charge is -2.34. The van der Waals surface area contributed by atoms with E-state index in [9.17, 15) is 8.42 Å². The summed E-state index contributed by atoms with van der Waals surface area (Å²) in [6.45, 7) is 4.08. The summed E-state index contributed by atoms with van der Waals surface area (Å²) in [5.74, 6) is 1.58. The highest BCUT2D eigenvalue weighted by Gasteiger charge is 2.35. The van der Waals surface area contributed by atoms with Gasteiger partial charge in [-0.2, -0.15) is 0 Å². The van der Waals surface area contributed by atoms with Crippen LogP contribution in [0.3, 0.4) is 0 Å². The molecule has 0 saturated carbocycles. The molecule has 1 unspecified atom stereocenters. The van der Waals surface area contributed by atoms with Crippen molar-refractivity contribution in [3.63, 3.8) is 0 Å². The molecule has 8 heteroatoms. The number of anilines is 1. The Kier molecular flexibility index (Phi) is 4.63. The highest BCUT2D eigenvalue weighted by atomic mass is 32.2. The number of aromatic nitrogens is 3. The molecule has 0 amide bonds. The first-order chi connectivity index (χ1) is 14.0. The van der Waals surface area contributed by atoms with E-state index in [4.69, 9.17) is 14.7 Å². The second kappa shape index (κ2) is 7.18. The van der Waals surface area contributed by atoms with Gasteiger partial charge in [0.1, 0.15) is 11.1 Å². The molecule has 0 radical (unpaired) electrons. The SMILES string of the molecule is C[C@@H]1COCCN1c1cc(C2CCCS2(=O)=O)nc(-c2ccnc3c2C=CC3)n1. The minimum absolute atomic E-state index is 0.169. The lowest BCUT2D eigenvalue weighted by molar-refractivity contribution is 0.0985. The van der Waals surface area contributed by atoms with Crippen LogP contribution in [0.1, 0.15) is 42.0 Å². The number of ether oxygens (including phenoxy) is 1. The van der Waals surface area contributed by atoms with Crippen molar-refractivity contribution in [2.75, 3.05) is 30.4 Å². The molecule has 2 atom stereocenters. The standard InChI is InChI=1S/C21H24N4O3S/c1-14-13-28-10-9-25(14)20-12-18(19-6-3-11-29(19,26)27)23-21(24-20)16-7-8-22-17-5-2-4-15(16)17/h2,4,7-8,12,14,19H,3,5-6,9-11,13H2,1H3/t14-,19?/m1/s1. The van der Waals surface area contributed by atoms with Crippen LogP contribution in [0, 0.1) is 0 Å². The molecule has 2 aliphatic heterocycles. The minimum Gasteiger partial charge on any atom is -0.377 e. The predicted molar refractivity (Wildman–Crippen MR) is 111 cm³/mol. The number of allylic oxidation sites excluding steroid dienone is 1. The predicted octanol–water partition coefficient (Wildman–Crippen LogP) is 2.58. The van der Waals surface area contributed by atoms with Crippen molar-refractivity contribution < 1.29 is 13.2 Å². The Morgan fingerprint density at radius 2 is 2.17 bits per heavy atom. The fraction of sp³-hybridized carbons (Fsp3) is 0.476. The molecule has 1 aliphatic carbocycles. The molecule has 0 spiro atoms. The highest BCUT2D eigenvalue weighted by Crippen LogP contribution is 2.37. The van der Waals surface area contributed by atoms with E-state index in [1.807, 2.05) is 12.1 Å². The van der Waals surface area contributed by atoms with E-state index in [-0.39, 0.29) is 11.8 Å². The van der Waals surface area contributed by atoms with Gasteiger partial charge in [0.05, 0.1) is 36.4 Å². The molecular weight excluding hydrogens is 388 g/mol. The number of hydrogen-bond donors (Lipinski definition) is 0. The van der Waals surface area contributed by atoms with Gasteiger partial charge in [0.25, 0.3) is 0 Å². The molecule has 5 rings (SSSR count). The third-order valence-electron chi connectivity index (χ3n) is 5.96. The zero-order valence-corrected chi connectivity index (χ0v) is 17.2. The van der Waals surface area contributed by atoms with E-state index >= 15 is 0 Å². The van der Waals surface area contributed by atoms with Crippen molar-refractivity contribution >= 4 is 21.7 Å². The first kappa shape index (κ1) is 18.7. The Labute approximate surface area is 170 Å². The van der Waals surface area contributed by atoms with Gasteiger partial charge in [0.2, 0.25) is 0 Å². The molecule has 0 aromatic carbocycles. The molecule has 2 aromatic rings. The van der Waals surface area contributed by atoms with Gasteiger partial charge in [0, 0.05) is 36.4 Å². The molecule has 2 saturated heterocycles. The molecule has 0 N–H and O–H groups in total. The van der Waals surface area contributed by atoms with Gasteiger partial charge in [0.15, 0.2) is 15.7 Å². The van der Waals surface area contributed by atoms with Crippen LogP contribution in [-0.2, 0) is 21.0 Å². The first-order valence-corrected chi connectivity index (χ1v) is 11.8. The lowest BCUT2D eigenvalue weighted by Crippen LogP contribution is -2.44. The van der Waals surface area contributed by atoms with Crippen LogP contribution in [0.15, 0.2) is 24.4 Å². The van der Waals surface area contributed by atoms with Crippen LogP contribution in [0.2, 0.25) is 0 Å². The monoisotopic (exact) mass is 412 g/mol. The number of morpholine rings is 1. The van der Waals surface area contributed by atoms with Gasteiger partial charge in [-0.3, -0.25) is 4.98 Å². The summed E-state index contributed by atoms with van der Waals surface area (Å²) in [4.78, 5) is 16.3. The summed E-state index contributed by atoms with van der Waals surface area (Å²) in [6.07, 6.45) is 8.01. The second-order valence-electron chi connectivity index (χ2n) is 7.92. The van der Waals surface area contributed by atoms with E-state index in [0.29, 0.717) is 37.6 Å². The topological polar surface area (TPSA) is 85.3 Å².